The van der Waals surface area contributed by atoms with Gasteiger partial charge in [0.25, 0.3) is 5.56 Å². The van der Waals surface area contributed by atoms with Crippen molar-refractivity contribution in [1.29, 1.82) is 0 Å². The fourth-order valence-corrected chi connectivity index (χ4v) is 3.23. The highest BCUT2D eigenvalue weighted by Crippen LogP contribution is 2.15. The summed E-state index contributed by atoms with van der Waals surface area (Å²) in [7, 11) is 1.25. The van der Waals surface area contributed by atoms with Crippen molar-refractivity contribution in [2.24, 2.45) is 13.0 Å². The Bertz CT molecular complexity index is 1370. The van der Waals surface area contributed by atoms with Crippen molar-refractivity contribution in [1.82, 2.24) is 29.3 Å². The molecular formula is C22H25N7O5. The first-order valence-corrected chi connectivity index (χ1v) is 10.4. The summed E-state index contributed by atoms with van der Waals surface area (Å²) in [5.74, 6) is -1.64. The molecule has 0 atom stereocenters. The van der Waals surface area contributed by atoms with Crippen molar-refractivity contribution in [3.05, 3.63) is 68.1 Å². The number of nitrogens with zero attached hydrogens (tertiary/aromatic N) is 6. The molecule has 178 valence electrons. The number of ether oxygens (including phenoxy) is 1. The van der Waals surface area contributed by atoms with Gasteiger partial charge < -0.3 is 10.5 Å². The third kappa shape index (κ3) is 5.00. The van der Waals surface area contributed by atoms with Crippen LogP contribution in [-0.2, 0) is 23.1 Å². The maximum absolute atomic E-state index is 12.9. The van der Waals surface area contributed by atoms with E-state index in [2.05, 4.69) is 15.5 Å². The van der Waals surface area contributed by atoms with Crippen LogP contribution in [0.2, 0.25) is 0 Å². The summed E-state index contributed by atoms with van der Waals surface area (Å²) >= 11 is 0. The van der Waals surface area contributed by atoms with Gasteiger partial charge in [-0.3, -0.25) is 18.7 Å². The fraction of sp³-hybridized carbons (Fsp3) is 0.318. The molecule has 3 rings (SSSR count). The lowest BCUT2D eigenvalue weighted by molar-refractivity contribution is -0.136. The Balaban J connectivity index is 1.92. The molecule has 0 spiro atoms. The molecule has 0 unspecified atom stereocenters. The molecule has 0 fully saturated rings. The number of carbonyl (C=O) groups excluding carboxylic acids is 2. The van der Waals surface area contributed by atoms with Gasteiger partial charge in [0.1, 0.15) is 11.4 Å². The maximum atomic E-state index is 12.9. The number of aryl methyl sites for hydroxylation is 1. The minimum atomic E-state index is -0.890. The van der Waals surface area contributed by atoms with Crippen LogP contribution in [0, 0.1) is 12.8 Å². The van der Waals surface area contributed by atoms with Gasteiger partial charge in [0.15, 0.2) is 18.1 Å². The van der Waals surface area contributed by atoms with Crippen LogP contribution in [0.15, 0.2) is 39.9 Å². The molecule has 1 aromatic carbocycles. The molecule has 0 bridgehead atoms. The van der Waals surface area contributed by atoms with E-state index in [9.17, 15) is 19.2 Å². The molecule has 12 nitrogen and oxygen atoms in total. The molecule has 0 radical (unpaired) electrons. The average Bonchev–Trinajstić information content (AvgIpc) is 3.23. The summed E-state index contributed by atoms with van der Waals surface area (Å²) in [6.07, 6.45) is 1.51. The number of ketones is 1. The molecule has 12 heteroatoms. The van der Waals surface area contributed by atoms with Gasteiger partial charge in [-0.05, 0) is 34.9 Å². The zero-order valence-corrected chi connectivity index (χ0v) is 19.3. The lowest BCUT2D eigenvalue weighted by Gasteiger charge is -2.16. The predicted octanol–water partition coefficient (Wildman–Crippen LogP) is 0.504. The van der Waals surface area contributed by atoms with E-state index in [1.54, 1.807) is 31.2 Å². The Labute approximate surface area is 194 Å². The number of rotatable bonds is 8. The number of Topliss-reactive ketones (excluding diaryl/α,β-unsaturated/α-hetero) is 1. The van der Waals surface area contributed by atoms with Gasteiger partial charge in [0.05, 0.1) is 0 Å². The topological polar surface area (TPSA) is 157 Å². The molecule has 0 saturated heterocycles. The van der Waals surface area contributed by atoms with Crippen molar-refractivity contribution in [3.8, 4) is 0 Å². The van der Waals surface area contributed by atoms with Crippen LogP contribution in [-0.4, -0.2) is 47.7 Å². The van der Waals surface area contributed by atoms with Crippen LogP contribution in [0.25, 0.3) is 11.8 Å². The van der Waals surface area contributed by atoms with Crippen LogP contribution in [0.4, 0.5) is 5.82 Å². The van der Waals surface area contributed by atoms with E-state index in [1.165, 1.54) is 17.8 Å². The molecule has 0 amide bonds. The number of hydrogen-bond acceptors (Lipinski definition) is 9. The van der Waals surface area contributed by atoms with Gasteiger partial charge in [-0.15, -0.1) is 5.10 Å². The fourth-order valence-electron chi connectivity index (χ4n) is 3.23. The number of nitrogen functional groups attached to an aromatic ring is 1. The van der Waals surface area contributed by atoms with Crippen molar-refractivity contribution >= 4 is 29.3 Å². The van der Waals surface area contributed by atoms with Gasteiger partial charge >= 0.3 is 11.7 Å². The van der Waals surface area contributed by atoms with E-state index in [0.717, 1.165) is 9.13 Å². The first-order chi connectivity index (χ1) is 16.1. The van der Waals surface area contributed by atoms with Crippen LogP contribution in [0.5, 0.6) is 0 Å². The van der Waals surface area contributed by atoms with E-state index >= 15 is 0 Å². The van der Waals surface area contributed by atoms with Crippen molar-refractivity contribution in [3.63, 3.8) is 0 Å². The number of nitrogens with two attached hydrogens (primary N) is 1. The van der Waals surface area contributed by atoms with Crippen LogP contribution in [0.1, 0.15) is 35.6 Å². The number of hydrogen-bond donors (Lipinski definition) is 1. The summed E-state index contributed by atoms with van der Waals surface area (Å²) in [6, 6.07) is 8.92. The van der Waals surface area contributed by atoms with E-state index in [0.29, 0.717) is 11.4 Å². The van der Waals surface area contributed by atoms with Crippen LogP contribution < -0.4 is 17.0 Å². The van der Waals surface area contributed by atoms with Crippen molar-refractivity contribution in [2.45, 2.75) is 27.3 Å². The highest BCUT2D eigenvalue weighted by molar-refractivity contribution is 6.16. The second-order valence-electron chi connectivity index (χ2n) is 7.99. The number of esters is 1. The molecule has 0 aliphatic heterocycles. The minimum Gasteiger partial charge on any atom is -0.453 e. The van der Waals surface area contributed by atoms with E-state index in [4.69, 9.17) is 10.5 Å². The zero-order valence-electron chi connectivity index (χ0n) is 19.3. The molecule has 3 aromatic rings. The number of carbonyl (C=O) groups is 2. The van der Waals surface area contributed by atoms with Gasteiger partial charge in [0, 0.05) is 13.6 Å². The average molecular weight is 467 g/mol. The number of tetrazole rings is 1. The third-order valence-electron chi connectivity index (χ3n) is 4.91. The second kappa shape index (κ2) is 10.1. The Morgan fingerprint density at radius 1 is 1.18 bits per heavy atom. The highest BCUT2D eigenvalue weighted by Gasteiger charge is 2.24. The quantitative estimate of drug-likeness (QED) is 0.283. The largest absolute Gasteiger partial charge is 0.453 e. The third-order valence-corrected chi connectivity index (χ3v) is 4.91. The van der Waals surface area contributed by atoms with Gasteiger partial charge in [-0.2, -0.15) is 4.68 Å². The Kier molecular flexibility index (Phi) is 7.19. The lowest BCUT2D eigenvalue weighted by atomic mass is 10.1. The predicted molar refractivity (Wildman–Crippen MR) is 124 cm³/mol. The molecule has 2 N–H and O–H groups in total. The number of anilines is 1. The molecular weight excluding hydrogens is 442 g/mol. The van der Waals surface area contributed by atoms with E-state index in [1.807, 2.05) is 19.9 Å². The minimum absolute atomic E-state index is 0.0310. The first-order valence-electron chi connectivity index (χ1n) is 10.4. The highest BCUT2D eigenvalue weighted by atomic mass is 16.5. The number of benzene rings is 1. The molecule has 2 aromatic heterocycles. The molecule has 0 saturated carbocycles. The number of aromatic nitrogens is 6. The molecule has 2 heterocycles. The summed E-state index contributed by atoms with van der Waals surface area (Å²) in [5, 5.41) is 11.1. The normalized spacial score (nSPS) is 11.6. The lowest BCUT2D eigenvalue weighted by Crippen LogP contribution is -2.43. The van der Waals surface area contributed by atoms with E-state index in [-0.39, 0.29) is 24.0 Å². The Morgan fingerprint density at radius 3 is 2.44 bits per heavy atom. The SMILES string of the molecule is Cc1nnnn1C(=Cc1ccccc1)C(=O)OCC(=O)c1c(N)n(CC(C)C)c(=O)n(C)c1=O. The standard InChI is InChI=1S/C22H25N7O5/c1-13(2)11-28-19(23)18(20(31)27(4)22(28)33)17(30)12-34-21(32)16(29-14(3)24-25-26-29)10-15-8-6-5-7-9-15/h5-10,13H,11-12,23H2,1-4H3. The smallest absolute Gasteiger partial charge is 0.357 e. The Morgan fingerprint density at radius 2 is 1.85 bits per heavy atom. The van der Waals surface area contributed by atoms with Gasteiger partial charge in [-0.25, -0.2) is 9.59 Å². The Hall–Kier alpha value is -4.35. The second-order valence-corrected chi connectivity index (χ2v) is 7.99. The van der Waals surface area contributed by atoms with Crippen molar-refractivity contribution in [2.75, 3.05) is 12.3 Å². The monoisotopic (exact) mass is 467 g/mol. The molecule has 34 heavy (non-hydrogen) atoms. The van der Waals surface area contributed by atoms with Crippen molar-refractivity contribution < 1.29 is 14.3 Å². The first kappa shape index (κ1) is 24.3. The van der Waals surface area contributed by atoms with Gasteiger partial charge in [-0.1, -0.05) is 44.2 Å². The molecule has 0 aliphatic carbocycles. The summed E-state index contributed by atoms with van der Waals surface area (Å²) in [6.45, 7) is 4.76. The van der Waals surface area contributed by atoms with Gasteiger partial charge in [0.2, 0.25) is 5.78 Å². The summed E-state index contributed by atoms with van der Waals surface area (Å²) in [5.41, 5.74) is 4.75. The zero-order chi connectivity index (χ0) is 25.0. The van der Waals surface area contributed by atoms with Crippen LogP contribution in [0.3, 0.4) is 0 Å². The van der Waals surface area contributed by atoms with E-state index < -0.39 is 35.2 Å². The summed E-state index contributed by atoms with van der Waals surface area (Å²) < 4.78 is 8.35. The maximum Gasteiger partial charge on any atom is 0.357 e. The summed E-state index contributed by atoms with van der Waals surface area (Å²) in [4.78, 5) is 50.8. The molecule has 0 aliphatic rings. The van der Waals surface area contributed by atoms with Crippen LogP contribution >= 0.6 is 0 Å².